The molecule has 0 saturated heterocycles. The molecule has 0 N–H and O–H groups in total. The van der Waals surface area contributed by atoms with Crippen molar-refractivity contribution in [3.8, 4) is 5.75 Å². The van der Waals surface area contributed by atoms with E-state index in [2.05, 4.69) is 15.9 Å². The van der Waals surface area contributed by atoms with Crippen LogP contribution in [0.5, 0.6) is 5.75 Å². The predicted molar refractivity (Wildman–Crippen MR) is 75.7 cm³/mol. The second-order valence-electron chi connectivity index (χ2n) is 4.42. The molecular formula is C13H19BrN2O2. The maximum absolute atomic E-state index is 11.6. The number of amides is 1. The van der Waals surface area contributed by atoms with Gasteiger partial charge in [0, 0.05) is 30.7 Å². The van der Waals surface area contributed by atoms with Crippen molar-refractivity contribution >= 4 is 21.8 Å². The Kier molecular flexibility index (Phi) is 5.62. The van der Waals surface area contributed by atoms with Gasteiger partial charge in [-0.1, -0.05) is 15.9 Å². The summed E-state index contributed by atoms with van der Waals surface area (Å²) in [5, 5.41) is 0. The predicted octanol–water partition coefficient (Wildman–Crippen LogP) is 1.98. The summed E-state index contributed by atoms with van der Waals surface area (Å²) in [7, 11) is 7.09. The van der Waals surface area contributed by atoms with E-state index in [1.54, 1.807) is 26.1 Å². The molecule has 1 aromatic rings. The Hall–Kier alpha value is -1.07. The minimum absolute atomic E-state index is 0.0893. The van der Waals surface area contributed by atoms with Crippen molar-refractivity contribution in [3.05, 3.63) is 28.2 Å². The number of carbonyl (C=O) groups excluding carboxylic acids is 1. The highest BCUT2D eigenvalue weighted by atomic mass is 79.9. The molecule has 4 nitrogen and oxygen atoms in total. The van der Waals surface area contributed by atoms with Gasteiger partial charge in [-0.2, -0.15) is 0 Å². The van der Waals surface area contributed by atoms with Crippen LogP contribution < -0.4 is 4.74 Å². The van der Waals surface area contributed by atoms with E-state index in [0.29, 0.717) is 13.1 Å². The van der Waals surface area contributed by atoms with Crippen molar-refractivity contribution in [1.82, 2.24) is 9.80 Å². The number of likely N-dealkylation sites (N-methyl/N-ethyl adjacent to an activating group) is 2. The smallest absolute Gasteiger partial charge is 0.236 e. The maximum atomic E-state index is 11.6. The third-order valence-electron chi connectivity index (χ3n) is 2.59. The van der Waals surface area contributed by atoms with E-state index in [-0.39, 0.29) is 5.91 Å². The largest absolute Gasteiger partial charge is 0.496 e. The Morgan fingerprint density at radius 1 is 1.33 bits per heavy atom. The Morgan fingerprint density at radius 2 is 2.00 bits per heavy atom. The Bertz CT molecular complexity index is 421. The summed E-state index contributed by atoms with van der Waals surface area (Å²) < 4.78 is 6.32. The fourth-order valence-corrected chi connectivity index (χ4v) is 2.00. The number of benzene rings is 1. The average Bonchev–Trinajstić information content (AvgIpc) is 2.28. The molecule has 100 valence electrons. The molecule has 0 aliphatic carbocycles. The van der Waals surface area contributed by atoms with Crippen LogP contribution in [0, 0.1) is 0 Å². The first-order valence-corrected chi connectivity index (χ1v) is 6.44. The number of rotatable bonds is 5. The fourth-order valence-electron chi connectivity index (χ4n) is 1.59. The van der Waals surface area contributed by atoms with Crippen LogP contribution in [0.2, 0.25) is 0 Å². The van der Waals surface area contributed by atoms with Crippen LogP contribution in [0.1, 0.15) is 5.56 Å². The average molecular weight is 315 g/mol. The lowest BCUT2D eigenvalue weighted by molar-refractivity contribution is -0.129. The number of halogens is 1. The Balaban J connectivity index is 2.72. The SMILES string of the molecule is COc1ccc(Br)cc1CN(C)CC(=O)N(C)C. The maximum Gasteiger partial charge on any atom is 0.236 e. The van der Waals surface area contributed by atoms with Gasteiger partial charge in [0.25, 0.3) is 0 Å². The Morgan fingerprint density at radius 3 is 2.56 bits per heavy atom. The molecule has 0 saturated carbocycles. The zero-order valence-corrected chi connectivity index (χ0v) is 12.8. The standard InChI is InChI=1S/C13H19BrN2O2/c1-15(2)13(17)9-16(3)8-10-7-11(14)5-6-12(10)18-4/h5-7H,8-9H2,1-4H3. The highest BCUT2D eigenvalue weighted by Crippen LogP contribution is 2.23. The van der Waals surface area contributed by atoms with E-state index in [1.165, 1.54) is 0 Å². The van der Waals surface area contributed by atoms with E-state index in [4.69, 9.17) is 4.74 Å². The molecule has 18 heavy (non-hydrogen) atoms. The molecule has 0 spiro atoms. The number of hydrogen-bond acceptors (Lipinski definition) is 3. The molecule has 0 aliphatic rings. The lowest BCUT2D eigenvalue weighted by Crippen LogP contribution is -2.34. The van der Waals surface area contributed by atoms with Gasteiger partial charge in [0.05, 0.1) is 13.7 Å². The summed E-state index contributed by atoms with van der Waals surface area (Å²) in [5.41, 5.74) is 1.06. The van der Waals surface area contributed by atoms with Crippen molar-refractivity contribution in [2.45, 2.75) is 6.54 Å². The molecule has 1 amide bonds. The van der Waals surface area contributed by atoms with Crippen LogP contribution in [-0.2, 0) is 11.3 Å². The van der Waals surface area contributed by atoms with Gasteiger partial charge >= 0.3 is 0 Å². The van der Waals surface area contributed by atoms with Gasteiger partial charge < -0.3 is 9.64 Å². The van der Waals surface area contributed by atoms with Gasteiger partial charge in [0.15, 0.2) is 0 Å². The van der Waals surface area contributed by atoms with Crippen LogP contribution in [0.15, 0.2) is 22.7 Å². The summed E-state index contributed by atoms with van der Waals surface area (Å²) in [5.74, 6) is 0.925. The monoisotopic (exact) mass is 314 g/mol. The number of carbonyl (C=O) groups is 1. The number of hydrogen-bond donors (Lipinski definition) is 0. The van der Waals surface area contributed by atoms with Crippen LogP contribution in [0.3, 0.4) is 0 Å². The van der Waals surface area contributed by atoms with E-state index >= 15 is 0 Å². The fraction of sp³-hybridized carbons (Fsp3) is 0.462. The molecule has 0 bridgehead atoms. The molecule has 0 fully saturated rings. The van der Waals surface area contributed by atoms with Crippen molar-refractivity contribution < 1.29 is 9.53 Å². The van der Waals surface area contributed by atoms with Crippen molar-refractivity contribution in [2.24, 2.45) is 0 Å². The number of nitrogens with zero attached hydrogens (tertiary/aromatic N) is 2. The second-order valence-corrected chi connectivity index (χ2v) is 5.33. The van der Waals surface area contributed by atoms with Gasteiger partial charge in [-0.3, -0.25) is 9.69 Å². The summed E-state index contributed by atoms with van der Waals surface area (Å²) in [6, 6.07) is 5.86. The van der Waals surface area contributed by atoms with E-state index < -0.39 is 0 Å². The van der Waals surface area contributed by atoms with E-state index in [0.717, 1.165) is 15.8 Å². The first kappa shape index (κ1) is 15.0. The summed E-state index contributed by atoms with van der Waals surface area (Å²) in [4.78, 5) is 15.2. The zero-order valence-electron chi connectivity index (χ0n) is 11.2. The van der Waals surface area contributed by atoms with Crippen LogP contribution >= 0.6 is 15.9 Å². The first-order chi connectivity index (χ1) is 8.43. The molecule has 0 aromatic heterocycles. The molecule has 1 aromatic carbocycles. The lowest BCUT2D eigenvalue weighted by atomic mass is 10.2. The minimum atomic E-state index is 0.0893. The van der Waals surface area contributed by atoms with Gasteiger partial charge in [-0.15, -0.1) is 0 Å². The molecule has 1 rings (SSSR count). The van der Waals surface area contributed by atoms with Crippen molar-refractivity contribution in [2.75, 3.05) is 34.8 Å². The second kappa shape index (κ2) is 6.75. The van der Waals surface area contributed by atoms with Crippen LogP contribution in [0.4, 0.5) is 0 Å². The first-order valence-electron chi connectivity index (χ1n) is 5.65. The van der Waals surface area contributed by atoms with Crippen LogP contribution in [-0.4, -0.2) is 50.5 Å². The number of ether oxygens (including phenoxy) is 1. The zero-order chi connectivity index (χ0) is 13.7. The molecular weight excluding hydrogens is 296 g/mol. The molecule has 5 heteroatoms. The van der Waals surface area contributed by atoms with Crippen molar-refractivity contribution in [1.29, 1.82) is 0 Å². The quantitative estimate of drug-likeness (QED) is 0.833. The summed E-state index contributed by atoms with van der Waals surface area (Å²) >= 11 is 3.44. The normalized spacial score (nSPS) is 10.6. The number of methoxy groups -OCH3 is 1. The van der Waals surface area contributed by atoms with Crippen LogP contribution in [0.25, 0.3) is 0 Å². The Labute approximate surface area is 117 Å². The van der Waals surface area contributed by atoms with Gasteiger partial charge in [0.1, 0.15) is 5.75 Å². The topological polar surface area (TPSA) is 32.8 Å². The third-order valence-corrected chi connectivity index (χ3v) is 3.08. The third kappa shape index (κ3) is 4.31. The summed E-state index contributed by atoms with van der Waals surface area (Å²) in [6.07, 6.45) is 0. The van der Waals surface area contributed by atoms with Gasteiger partial charge in [0.2, 0.25) is 5.91 Å². The molecule has 0 atom stereocenters. The summed E-state index contributed by atoms with van der Waals surface area (Å²) in [6.45, 7) is 1.06. The molecule has 0 unspecified atom stereocenters. The molecule has 0 radical (unpaired) electrons. The highest BCUT2D eigenvalue weighted by Gasteiger charge is 2.11. The molecule has 0 heterocycles. The molecule has 0 aliphatic heterocycles. The minimum Gasteiger partial charge on any atom is -0.496 e. The highest BCUT2D eigenvalue weighted by molar-refractivity contribution is 9.10. The van der Waals surface area contributed by atoms with Gasteiger partial charge in [-0.25, -0.2) is 0 Å². The van der Waals surface area contributed by atoms with E-state index in [1.807, 2.05) is 30.1 Å². The van der Waals surface area contributed by atoms with E-state index in [9.17, 15) is 4.79 Å². The van der Waals surface area contributed by atoms with Gasteiger partial charge in [-0.05, 0) is 25.2 Å². The lowest BCUT2D eigenvalue weighted by Gasteiger charge is -2.20. The van der Waals surface area contributed by atoms with Crippen molar-refractivity contribution in [3.63, 3.8) is 0 Å².